The summed E-state index contributed by atoms with van der Waals surface area (Å²) in [5, 5.41) is 7.75. The van der Waals surface area contributed by atoms with E-state index in [2.05, 4.69) is 5.32 Å². The quantitative estimate of drug-likeness (QED) is 0.382. The summed E-state index contributed by atoms with van der Waals surface area (Å²) in [5.41, 5.74) is 2.50. The van der Waals surface area contributed by atoms with Crippen LogP contribution in [0.5, 0.6) is 11.5 Å². The zero-order valence-corrected chi connectivity index (χ0v) is 21.7. The van der Waals surface area contributed by atoms with Crippen LogP contribution in [-0.4, -0.2) is 46.3 Å². The van der Waals surface area contributed by atoms with Gasteiger partial charge in [-0.25, -0.2) is 0 Å². The number of hydrogen-bond acceptors (Lipinski definition) is 5. The molecule has 1 atom stereocenters. The minimum Gasteiger partial charge on any atom is -0.493 e. The lowest BCUT2D eigenvalue weighted by molar-refractivity contribution is -0.133. The van der Waals surface area contributed by atoms with Gasteiger partial charge >= 0.3 is 0 Å². The first-order chi connectivity index (χ1) is 18.4. The maximum absolute atomic E-state index is 14.0. The summed E-state index contributed by atoms with van der Waals surface area (Å²) >= 11 is 0. The zero-order valence-electron chi connectivity index (χ0n) is 21.7. The molecule has 1 aromatic heterocycles. The molecule has 0 bridgehead atoms. The van der Waals surface area contributed by atoms with Crippen molar-refractivity contribution in [1.29, 1.82) is 0 Å². The first kappa shape index (κ1) is 25.1. The van der Waals surface area contributed by atoms with Gasteiger partial charge < -0.3 is 19.7 Å². The number of para-hydroxylation sites is 1. The molecule has 2 heterocycles. The van der Waals surface area contributed by atoms with Crippen LogP contribution in [0.1, 0.15) is 28.5 Å². The first-order valence-electron chi connectivity index (χ1n) is 12.4. The Morgan fingerprint density at radius 3 is 2.37 bits per heavy atom. The molecule has 2 amide bonds. The van der Waals surface area contributed by atoms with Gasteiger partial charge in [-0.1, -0.05) is 72.8 Å². The molecule has 4 aromatic rings. The van der Waals surface area contributed by atoms with Crippen LogP contribution in [0.4, 0.5) is 0 Å². The first-order valence-corrected chi connectivity index (χ1v) is 12.4. The van der Waals surface area contributed by atoms with Gasteiger partial charge in [-0.3, -0.25) is 14.3 Å². The lowest BCUT2D eigenvalue weighted by Gasteiger charge is -2.43. The lowest BCUT2D eigenvalue weighted by Crippen LogP contribution is -2.63. The summed E-state index contributed by atoms with van der Waals surface area (Å²) in [7, 11) is 3.13. The number of aromatic nitrogens is 2. The number of rotatable bonds is 8. The maximum atomic E-state index is 14.0. The molecule has 0 fully saturated rings. The summed E-state index contributed by atoms with van der Waals surface area (Å²) in [5.74, 6) is 0.534. The van der Waals surface area contributed by atoms with Gasteiger partial charge in [-0.2, -0.15) is 5.10 Å². The summed E-state index contributed by atoms with van der Waals surface area (Å²) in [6.07, 6.45) is 0. The Hall–Kier alpha value is -4.59. The molecule has 3 aromatic carbocycles. The van der Waals surface area contributed by atoms with Gasteiger partial charge in [0.2, 0.25) is 5.91 Å². The molecule has 1 aliphatic heterocycles. The molecule has 0 aliphatic carbocycles. The van der Waals surface area contributed by atoms with Crippen LogP contribution in [0.2, 0.25) is 0 Å². The van der Waals surface area contributed by atoms with Crippen molar-refractivity contribution < 1.29 is 19.1 Å². The Morgan fingerprint density at radius 1 is 0.974 bits per heavy atom. The SMILES string of the molecule is COc1cccc(CN2C(=O)c3cc(-c4ccccc4)nn3C[C@]2(C)C(=O)NCc2ccccc2)c1OC. The second-order valence-corrected chi connectivity index (χ2v) is 9.42. The summed E-state index contributed by atoms with van der Waals surface area (Å²) < 4.78 is 12.7. The average Bonchev–Trinajstić information content (AvgIpc) is 3.38. The minimum atomic E-state index is -1.22. The van der Waals surface area contributed by atoms with Gasteiger partial charge in [-0.05, 0) is 24.6 Å². The highest BCUT2D eigenvalue weighted by molar-refractivity contribution is 6.00. The van der Waals surface area contributed by atoms with Crippen molar-refractivity contribution in [2.75, 3.05) is 14.2 Å². The van der Waals surface area contributed by atoms with Crippen molar-refractivity contribution in [3.8, 4) is 22.8 Å². The standard InChI is InChI=1S/C30H30N4O4/c1-30(29(36)31-18-21-11-6-4-7-12-21)20-34-25(17-24(32-34)22-13-8-5-9-14-22)28(35)33(30)19-23-15-10-16-26(37-2)27(23)38-3/h4-17H,18-20H2,1-3H3,(H,31,36)/t30-/m1/s1. The molecule has 1 aliphatic rings. The van der Waals surface area contributed by atoms with E-state index >= 15 is 0 Å². The van der Waals surface area contributed by atoms with E-state index in [9.17, 15) is 9.59 Å². The molecule has 1 N–H and O–H groups in total. The molecule has 8 nitrogen and oxygen atoms in total. The number of ether oxygens (including phenoxy) is 2. The van der Waals surface area contributed by atoms with Crippen molar-refractivity contribution >= 4 is 11.8 Å². The van der Waals surface area contributed by atoms with E-state index in [1.807, 2.05) is 72.8 Å². The molecule has 0 unspecified atom stereocenters. The van der Waals surface area contributed by atoms with Crippen LogP contribution in [0.25, 0.3) is 11.3 Å². The lowest BCUT2D eigenvalue weighted by atomic mass is 9.93. The van der Waals surface area contributed by atoms with Crippen molar-refractivity contribution in [3.63, 3.8) is 0 Å². The summed E-state index contributed by atoms with van der Waals surface area (Å²) in [6.45, 7) is 2.49. The van der Waals surface area contributed by atoms with Gasteiger partial charge in [-0.15, -0.1) is 0 Å². The third kappa shape index (κ3) is 4.61. The van der Waals surface area contributed by atoms with Crippen LogP contribution >= 0.6 is 0 Å². The van der Waals surface area contributed by atoms with Crippen LogP contribution in [0.3, 0.4) is 0 Å². The van der Waals surface area contributed by atoms with Gasteiger partial charge in [0.1, 0.15) is 11.2 Å². The molecule has 0 saturated carbocycles. The molecule has 5 rings (SSSR count). The highest BCUT2D eigenvalue weighted by Crippen LogP contribution is 2.36. The Bertz CT molecular complexity index is 1450. The Labute approximate surface area is 221 Å². The van der Waals surface area contributed by atoms with Gasteiger partial charge in [0.15, 0.2) is 11.5 Å². The topological polar surface area (TPSA) is 85.7 Å². The van der Waals surface area contributed by atoms with E-state index in [1.165, 1.54) is 0 Å². The van der Waals surface area contributed by atoms with E-state index in [4.69, 9.17) is 14.6 Å². The highest BCUT2D eigenvalue weighted by atomic mass is 16.5. The van der Waals surface area contributed by atoms with E-state index in [-0.39, 0.29) is 24.9 Å². The fraction of sp³-hybridized carbons (Fsp3) is 0.233. The monoisotopic (exact) mass is 510 g/mol. The van der Waals surface area contributed by atoms with Crippen LogP contribution in [-0.2, 0) is 24.4 Å². The van der Waals surface area contributed by atoms with Crippen molar-refractivity contribution in [3.05, 3.63) is 102 Å². The predicted octanol–water partition coefficient (Wildman–Crippen LogP) is 4.30. The molecular weight excluding hydrogens is 480 g/mol. The van der Waals surface area contributed by atoms with E-state index in [0.717, 1.165) is 16.7 Å². The fourth-order valence-electron chi connectivity index (χ4n) is 4.86. The summed E-state index contributed by atoms with van der Waals surface area (Å²) in [4.78, 5) is 29.4. The Balaban J connectivity index is 1.54. The number of methoxy groups -OCH3 is 2. The highest BCUT2D eigenvalue weighted by Gasteiger charge is 2.48. The minimum absolute atomic E-state index is 0.153. The molecule has 38 heavy (non-hydrogen) atoms. The predicted molar refractivity (Wildman–Crippen MR) is 144 cm³/mol. The average molecular weight is 511 g/mol. The molecule has 0 spiro atoms. The molecular formula is C30H30N4O4. The zero-order chi connectivity index (χ0) is 26.7. The van der Waals surface area contributed by atoms with Crippen LogP contribution in [0.15, 0.2) is 84.9 Å². The third-order valence-electron chi connectivity index (χ3n) is 6.97. The molecule has 8 heteroatoms. The molecule has 0 saturated heterocycles. The number of carbonyl (C=O) groups excluding carboxylic acids is 2. The van der Waals surface area contributed by atoms with Crippen molar-refractivity contribution in [2.45, 2.75) is 32.1 Å². The largest absolute Gasteiger partial charge is 0.493 e. The Kier molecular flexibility index (Phi) is 6.87. The third-order valence-corrected chi connectivity index (χ3v) is 6.97. The van der Waals surface area contributed by atoms with Gasteiger partial charge in [0.05, 0.1) is 33.0 Å². The fourth-order valence-corrected chi connectivity index (χ4v) is 4.86. The van der Waals surface area contributed by atoms with E-state index < -0.39 is 5.54 Å². The van der Waals surface area contributed by atoms with E-state index in [0.29, 0.717) is 29.4 Å². The van der Waals surface area contributed by atoms with Gasteiger partial charge in [0, 0.05) is 17.7 Å². The van der Waals surface area contributed by atoms with Crippen molar-refractivity contribution in [1.82, 2.24) is 20.0 Å². The number of benzene rings is 3. The summed E-state index contributed by atoms with van der Waals surface area (Å²) in [6, 6.07) is 26.7. The number of amides is 2. The number of hydrogen-bond donors (Lipinski definition) is 1. The van der Waals surface area contributed by atoms with Crippen LogP contribution in [0, 0.1) is 0 Å². The number of nitrogens with zero attached hydrogens (tertiary/aromatic N) is 3. The number of fused-ring (bicyclic) bond motifs is 1. The smallest absolute Gasteiger partial charge is 0.273 e. The maximum Gasteiger partial charge on any atom is 0.273 e. The van der Waals surface area contributed by atoms with Crippen molar-refractivity contribution in [2.24, 2.45) is 0 Å². The Morgan fingerprint density at radius 2 is 1.68 bits per heavy atom. The number of carbonyl (C=O) groups is 2. The van der Waals surface area contributed by atoms with Crippen LogP contribution < -0.4 is 14.8 Å². The second-order valence-electron chi connectivity index (χ2n) is 9.42. The van der Waals surface area contributed by atoms with Gasteiger partial charge in [0.25, 0.3) is 5.91 Å². The van der Waals surface area contributed by atoms with E-state index in [1.54, 1.807) is 42.9 Å². The normalized spacial score (nSPS) is 16.6. The second kappa shape index (κ2) is 10.4. The number of nitrogens with one attached hydrogen (secondary N) is 1. The molecule has 194 valence electrons. The molecule has 0 radical (unpaired) electrons.